The molecule has 1 aromatic rings. The molecule has 0 radical (unpaired) electrons. The van der Waals surface area contributed by atoms with Crippen LogP contribution in [0.25, 0.3) is 0 Å². The SMILES string of the molecule is CC(=O)C1(n2cc(B3OC(C)(C)C(C)(C)O3)cn2)CCC1. The van der Waals surface area contributed by atoms with E-state index in [-0.39, 0.29) is 17.0 Å². The van der Waals surface area contributed by atoms with Crippen molar-refractivity contribution in [1.29, 1.82) is 0 Å². The van der Waals surface area contributed by atoms with E-state index in [4.69, 9.17) is 9.31 Å². The van der Waals surface area contributed by atoms with Crippen LogP contribution in [0.3, 0.4) is 0 Å². The van der Waals surface area contributed by atoms with Crippen LogP contribution in [-0.2, 0) is 19.6 Å². The molecule has 114 valence electrons. The van der Waals surface area contributed by atoms with Crippen LogP contribution in [0, 0.1) is 0 Å². The van der Waals surface area contributed by atoms with Gasteiger partial charge < -0.3 is 9.31 Å². The molecule has 2 aliphatic rings. The van der Waals surface area contributed by atoms with Gasteiger partial charge in [0.15, 0.2) is 5.78 Å². The molecule has 3 rings (SSSR count). The second kappa shape index (κ2) is 4.43. The van der Waals surface area contributed by atoms with Gasteiger partial charge in [-0.1, -0.05) is 0 Å². The molecule has 6 heteroatoms. The average Bonchev–Trinajstić information content (AvgIpc) is 2.81. The van der Waals surface area contributed by atoms with Crippen molar-refractivity contribution in [1.82, 2.24) is 9.78 Å². The molecule has 21 heavy (non-hydrogen) atoms. The average molecular weight is 290 g/mol. The molecule has 0 N–H and O–H groups in total. The van der Waals surface area contributed by atoms with Gasteiger partial charge in [-0.25, -0.2) is 0 Å². The summed E-state index contributed by atoms with van der Waals surface area (Å²) in [5, 5.41) is 4.41. The van der Waals surface area contributed by atoms with Gasteiger partial charge in [0.1, 0.15) is 5.54 Å². The zero-order valence-corrected chi connectivity index (χ0v) is 13.5. The summed E-state index contributed by atoms with van der Waals surface area (Å²) < 4.78 is 13.9. The molecule has 0 spiro atoms. The Morgan fingerprint density at radius 3 is 2.24 bits per heavy atom. The highest BCUT2D eigenvalue weighted by Gasteiger charge is 2.52. The topological polar surface area (TPSA) is 53.4 Å². The number of hydrogen-bond donors (Lipinski definition) is 0. The van der Waals surface area contributed by atoms with Crippen molar-refractivity contribution in [2.45, 2.75) is 70.6 Å². The summed E-state index contributed by atoms with van der Waals surface area (Å²) in [6, 6.07) is 0. The molecular weight excluding hydrogens is 267 g/mol. The first-order valence-electron chi connectivity index (χ1n) is 7.60. The van der Waals surface area contributed by atoms with Crippen LogP contribution in [0.5, 0.6) is 0 Å². The first-order valence-corrected chi connectivity index (χ1v) is 7.60. The summed E-state index contributed by atoms with van der Waals surface area (Å²) >= 11 is 0. The van der Waals surface area contributed by atoms with Crippen molar-refractivity contribution in [2.24, 2.45) is 0 Å². The summed E-state index contributed by atoms with van der Waals surface area (Å²) in [5.74, 6) is 0.178. The summed E-state index contributed by atoms with van der Waals surface area (Å²) in [4.78, 5) is 12.0. The van der Waals surface area contributed by atoms with E-state index in [1.807, 2.05) is 33.9 Å². The second-order valence-corrected chi connectivity index (χ2v) is 7.25. The van der Waals surface area contributed by atoms with Crippen LogP contribution >= 0.6 is 0 Å². The van der Waals surface area contributed by atoms with Crippen LogP contribution < -0.4 is 5.46 Å². The Balaban J connectivity index is 1.85. The highest BCUT2D eigenvalue weighted by Crippen LogP contribution is 2.40. The molecule has 1 saturated carbocycles. The predicted molar refractivity (Wildman–Crippen MR) is 80.4 cm³/mol. The number of ketones is 1. The molecule has 1 aliphatic carbocycles. The Bertz CT molecular complexity index is 559. The van der Waals surface area contributed by atoms with Gasteiger partial charge in [0.2, 0.25) is 0 Å². The molecule has 1 saturated heterocycles. The molecule has 0 bridgehead atoms. The number of Topliss-reactive ketones (excluding diaryl/α,β-unsaturated/α-hetero) is 1. The Labute approximate surface area is 126 Å². The maximum atomic E-state index is 12.0. The van der Waals surface area contributed by atoms with Crippen LogP contribution in [-0.4, -0.2) is 33.9 Å². The van der Waals surface area contributed by atoms with Gasteiger partial charge in [-0.3, -0.25) is 9.48 Å². The Morgan fingerprint density at radius 2 is 1.81 bits per heavy atom. The molecule has 0 aromatic carbocycles. The minimum absolute atomic E-state index is 0.178. The standard InChI is InChI=1S/C15H23BN2O3/c1-11(19)15(7-6-8-15)18-10-12(9-17-18)16-20-13(2,3)14(4,5)21-16/h9-10H,6-8H2,1-5H3. The third-order valence-electron chi connectivity index (χ3n) is 5.40. The molecule has 2 heterocycles. The molecular formula is C15H23BN2O3. The predicted octanol–water partition coefficient (Wildman–Crippen LogP) is 1.65. The Kier molecular flexibility index (Phi) is 3.12. The van der Waals surface area contributed by atoms with Crippen LogP contribution in [0.1, 0.15) is 53.9 Å². The molecule has 0 amide bonds. The number of aromatic nitrogens is 2. The monoisotopic (exact) mass is 290 g/mol. The fourth-order valence-corrected chi connectivity index (χ4v) is 2.93. The molecule has 5 nitrogen and oxygen atoms in total. The summed E-state index contributed by atoms with van der Waals surface area (Å²) in [6.45, 7) is 9.76. The van der Waals surface area contributed by atoms with Crippen molar-refractivity contribution in [3.05, 3.63) is 12.4 Å². The highest BCUT2D eigenvalue weighted by atomic mass is 16.7. The largest absolute Gasteiger partial charge is 0.498 e. The normalized spacial score (nSPS) is 25.7. The Hall–Kier alpha value is -1.14. The van der Waals surface area contributed by atoms with Gasteiger partial charge in [0.25, 0.3) is 0 Å². The number of rotatable bonds is 3. The minimum atomic E-state index is -0.443. The van der Waals surface area contributed by atoms with Gasteiger partial charge in [0, 0.05) is 17.9 Å². The van der Waals surface area contributed by atoms with E-state index < -0.39 is 12.7 Å². The van der Waals surface area contributed by atoms with Gasteiger partial charge in [-0.15, -0.1) is 0 Å². The van der Waals surface area contributed by atoms with Crippen LogP contribution in [0.4, 0.5) is 0 Å². The van der Waals surface area contributed by atoms with Crippen LogP contribution in [0.15, 0.2) is 12.4 Å². The smallest absolute Gasteiger partial charge is 0.399 e. The number of hydrogen-bond acceptors (Lipinski definition) is 4. The van der Waals surface area contributed by atoms with Crippen molar-refractivity contribution in [3.63, 3.8) is 0 Å². The fourth-order valence-electron chi connectivity index (χ4n) is 2.93. The number of carbonyl (C=O) groups is 1. The van der Waals surface area contributed by atoms with E-state index in [9.17, 15) is 4.79 Å². The van der Waals surface area contributed by atoms with E-state index in [0.29, 0.717) is 0 Å². The maximum absolute atomic E-state index is 12.0. The lowest BCUT2D eigenvalue weighted by atomic mass is 9.74. The first-order chi connectivity index (χ1) is 9.68. The van der Waals surface area contributed by atoms with E-state index in [1.165, 1.54) is 0 Å². The first kappa shape index (κ1) is 14.8. The fraction of sp³-hybridized carbons (Fsp3) is 0.733. The number of carbonyl (C=O) groups excluding carboxylic acids is 1. The van der Waals surface area contributed by atoms with Crippen molar-refractivity contribution >= 4 is 18.4 Å². The van der Waals surface area contributed by atoms with E-state index in [0.717, 1.165) is 24.7 Å². The van der Waals surface area contributed by atoms with Crippen molar-refractivity contribution < 1.29 is 14.1 Å². The third kappa shape index (κ3) is 2.07. The van der Waals surface area contributed by atoms with E-state index in [1.54, 1.807) is 17.8 Å². The molecule has 0 unspecified atom stereocenters. The van der Waals surface area contributed by atoms with Crippen molar-refractivity contribution in [2.75, 3.05) is 0 Å². The lowest BCUT2D eigenvalue weighted by Gasteiger charge is -2.39. The molecule has 1 aliphatic heterocycles. The summed E-state index contributed by atoms with van der Waals surface area (Å²) in [6.07, 6.45) is 6.47. The Morgan fingerprint density at radius 1 is 1.24 bits per heavy atom. The number of nitrogens with zero attached hydrogens (tertiary/aromatic N) is 2. The highest BCUT2D eigenvalue weighted by molar-refractivity contribution is 6.62. The zero-order chi connectivity index (χ0) is 15.5. The molecule has 2 fully saturated rings. The lowest BCUT2D eigenvalue weighted by Crippen LogP contribution is -2.47. The van der Waals surface area contributed by atoms with Crippen LogP contribution in [0.2, 0.25) is 0 Å². The molecule has 1 aromatic heterocycles. The second-order valence-electron chi connectivity index (χ2n) is 7.25. The van der Waals surface area contributed by atoms with Gasteiger partial charge in [-0.05, 0) is 53.9 Å². The van der Waals surface area contributed by atoms with E-state index >= 15 is 0 Å². The quantitative estimate of drug-likeness (QED) is 0.794. The molecule has 0 atom stereocenters. The van der Waals surface area contributed by atoms with Gasteiger partial charge in [0.05, 0.1) is 11.2 Å². The van der Waals surface area contributed by atoms with Gasteiger partial charge in [-0.2, -0.15) is 5.10 Å². The zero-order valence-electron chi connectivity index (χ0n) is 13.5. The third-order valence-corrected chi connectivity index (χ3v) is 5.40. The maximum Gasteiger partial charge on any atom is 0.498 e. The summed E-state index contributed by atoms with van der Waals surface area (Å²) in [7, 11) is -0.423. The van der Waals surface area contributed by atoms with E-state index in [2.05, 4.69) is 5.10 Å². The minimum Gasteiger partial charge on any atom is -0.399 e. The van der Waals surface area contributed by atoms with Gasteiger partial charge >= 0.3 is 7.12 Å². The summed E-state index contributed by atoms with van der Waals surface area (Å²) in [5.41, 5.74) is -0.300. The van der Waals surface area contributed by atoms with Crippen molar-refractivity contribution in [3.8, 4) is 0 Å². The lowest BCUT2D eigenvalue weighted by molar-refractivity contribution is -0.130.